The van der Waals surface area contributed by atoms with Gasteiger partial charge in [-0.05, 0) is 60.7 Å². The first-order valence-corrected chi connectivity index (χ1v) is 13.5. The summed E-state index contributed by atoms with van der Waals surface area (Å²) in [4.78, 5) is 17.3. The van der Waals surface area contributed by atoms with Crippen LogP contribution in [-0.2, 0) is 10.2 Å². The molecule has 1 fully saturated rings. The van der Waals surface area contributed by atoms with Crippen molar-refractivity contribution < 1.29 is 14.3 Å². The van der Waals surface area contributed by atoms with Crippen molar-refractivity contribution in [1.29, 1.82) is 0 Å². The first-order chi connectivity index (χ1) is 17.7. The number of esters is 1. The lowest BCUT2D eigenvalue weighted by molar-refractivity contribution is 0.00548. The van der Waals surface area contributed by atoms with Gasteiger partial charge >= 0.3 is 5.97 Å². The number of hydrogen-bond donors (Lipinski definition) is 1. The van der Waals surface area contributed by atoms with Crippen LogP contribution < -0.4 is 10.1 Å². The average Bonchev–Trinajstić information content (AvgIpc) is 3.31. The molecule has 0 unspecified atom stereocenters. The van der Waals surface area contributed by atoms with E-state index in [0.717, 1.165) is 56.5 Å². The Balaban J connectivity index is 1.30. The SMILES string of the molecule is CCOc1cc(C(C)(C)C)c2nc(-c3nnc(NC4CC(OC(=O)c5ccccc5)C4)s3)cc(C)c2c1. The van der Waals surface area contributed by atoms with Crippen molar-refractivity contribution in [3.05, 3.63) is 65.2 Å². The van der Waals surface area contributed by atoms with E-state index in [-0.39, 0.29) is 23.5 Å². The fraction of sp³-hybridized carbons (Fsp3) is 0.379. The second-order valence-corrected chi connectivity index (χ2v) is 11.5. The number of ether oxygens (including phenoxy) is 2. The molecule has 0 atom stereocenters. The standard InChI is InChI=1S/C29H32N4O3S/c1-6-35-20-15-22-17(2)12-24(31-25(22)23(16-20)29(3,4)5)26-32-33-28(37-26)30-19-13-21(14-19)36-27(34)18-10-8-7-9-11-18/h7-12,15-16,19,21H,6,13-14H2,1-5H3,(H,30,33). The van der Waals surface area contributed by atoms with Gasteiger partial charge in [0.25, 0.3) is 0 Å². The zero-order valence-corrected chi connectivity index (χ0v) is 22.7. The van der Waals surface area contributed by atoms with Crippen LogP contribution in [-0.4, -0.2) is 39.9 Å². The summed E-state index contributed by atoms with van der Waals surface area (Å²) in [5.41, 5.74) is 4.54. The molecule has 0 bridgehead atoms. The minimum Gasteiger partial charge on any atom is -0.494 e. The highest BCUT2D eigenvalue weighted by Gasteiger charge is 2.33. The van der Waals surface area contributed by atoms with Gasteiger partial charge in [-0.1, -0.05) is 50.3 Å². The van der Waals surface area contributed by atoms with Crippen LogP contribution in [0.15, 0.2) is 48.5 Å². The summed E-state index contributed by atoms with van der Waals surface area (Å²) in [5.74, 6) is 0.594. The van der Waals surface area contributed by atoms with Crippen LogP contribution in [0.5, 0.6) is 5.75 Å². The van der Waals surface area contributed by atoms with E-state index in [1.165, 1.54) is 11.3 Å². The molecule has 1 aliphatic carbocycles. The van der Waals surface area contributed by atoms with Gasteiger partial charge in [0.15, 0.2) is 5.01 Å². The van der Waals surface area contributed by atoms with Crippen molar-refractivity contribution in [2.75, 3.05) is 11.9 Å². The van der Waals surface area contributed by atoms with Gasteiger partial charge in [0.2, 0.25) is 5.13 Å². The molecule has 1 aliphatic rings. The van der Waals surface area contributed by atoms with Crippen LogP contribution in [0.2, 0.25) is 0 Å². The van der Waals surface area contributed by atoms with Crippen LogP contribution in [0.3, 0.4) is 0 Å². The number of carbonyl (C=O) groups excluding carboxylic acids is 1. The van der Waals surface area contributed by atoms with Crippen LogP contribution in [0.4, 0.5) is 5.13 Å². The number of nitrogens with zero attached hydrogens (tertiary/aromatic N) is 3. The minimum absolute atomic E-state index is 0.0835. The van der Waals surface area contributed by atoms with E-state index in [2.05, 4.69) is 61.4 Å². The number of nitrogens with one attached hydrogen (secondary N) is 1. The molecular weight excluding hydrogens is 484 g/mol. The summed E-state index contributed by atoms with van der Waals surface area (Å²) in [7, 11) is 0. The summed E-state index contributed by atoms with van der Waals surface area (Å²) >= 11 is 1.49. The molecule has 37 heavy (non-hydrogen) atoms. The Morgan fingerprint density at radius 1 is 1.11 bits per heavy atom. The molecule has 5 rings (SSSR count). The molecular formula is C29H32N4O3S. The van der Waals surface area contributed by atoms with Crippen molar-refractivity contribution in [3.63, 3.8) is 0 Å². The van der Waals surface area contributed by atoms with E-state index in [4.69, 9.17) is 14.5 Å². The Morgan fingerprint density at radius 3 is 2.57 bits per heavy atom. The zero-order chi connectivity index (χ0) is 26.2. The summed E-state index contributed by atoms with van der Waals surface area (Å²) in [6.07, 6.45) is 1.41. The molecule has 0 aliphatic heterocycles. The van der Waals surface area contributed by atoms with Crippen molar-refractivity contribution in [3.8, 4) is 16.5 Å². The third-order valence-electron chi connectivity index (χ3n) is 6.56. The Kier molecular flexibility index (Phi) is 6.86. The van der Waals surface area contributed by atoms with Gasteiger partial charge in [0, 0.05) is 24.3 Å². The lowest BCUT2D eigenvalue weighted by Crippen LogP contribution is -2.41. The number of aromatic nitrogens is 3. The van der Waals surface area contributed by atoms with Gasteiger partial charge in [-0.3, -0.25) is 0 Å². The average molecular weight is 517 g/mol. The van der Waals surface area contributed by atoms with E-state index >= 15 is 0 Å². The van der Waals surface area contributed by atoms with Gasteiger partial charge < -0.3 is 14.8 Å². The van der Waals surface area contributed by atoms with E-state index < -0.39 is 0 Å². The molecule has 2 aromatic carbocycles. The smallest absolute Gasteiger partial charge is 0.338 e. The maximum Gasteiger partial charge on any atom is 0.338 e. The van der Waals surface area contributed by atoms with Crippen molar-refractivity contribution in [2.45, 2.75) is 65.0 Å². The number of aryl methyl sites for hydroxylation is 1. The lowest BCUT2D eigenvalue weighted by Gasteiger charge is -2.34. The molecule has 0 amide bonds. The van der Waals surface area contributed by atoms with E-state index in [1.807, 2.05) is 25.1 Å². The van der Waals surface area contributed by atoms with Crippen molar-refractivity contribution in [1.82, 2.24) is 15.2 Å². The highest BCUT2D eigenvalue weighted by atomic mass is 32.1. The minimum atomic E-state index is -0.275. The Morgan fingerprint density at radius 2 is 1.86 bits per heavy atom. The van der Waals surface area contributed by atoms with Crippen LogP contribution >= 0.6 is 11.3 Å². The predicted molar refractivity (Wildman–Crippen MR) is 148 cm³/mol. The summed E-state index contributed by atoms with van der Waals surface area (Å²) in [6.45, 7) is 11.3. The van der Waals surface area contributed by atoms with Crippen molar-refractivity contribution >= 4 is 33.3 Å². The number of rotatable bonds is 7. The molecule has 0 radical (unpaired) electrons. The maximum atomic E-state index is 12.3. The van der Waals surface area contributed by atoms with Gasteiger partial charge in [0.1, 0.15) is 17.5 Å². The van der Waals surface area contributed by atoms with Gasteiger partial charge in [0.05, 0.1) is 17.7 Å². The second kappa shape index (κ2) is 10.1. The first kappa shape index (κ1) is 25.1. The van der Waals surface area contributed by atoms with Crippen LogP contribution in [0, 0.1) is 6.92 Å². The number of carbonyl (C=O) groups is 1. The van der Waals surface area contributed by atoms with Crippen LogP contribution in [0.25, 0.3) is 21.6 Å². The van der Waals surface area contributed by atoms with Gasteiger partial charge in [-0.25, -0.2) is 9.78 Å². The highest BCUT2D eigenvalue weighted by molar-refractivity contribution is 7.18. The number of anilines is 1. The second-order valence-electron chi connectivity index (χ2n) is 10.5. The van der Waals surface area contributed by atoms with Gasteiger partial charge in [-0.2, -0.15) is 0 Å². The number of pyridine rings is 1. The molecule has 192 valence electrons. The van der Waals surface area contributed by atoms with E-state index in [0.29, 0.717) is 12.2 Å². The predicted octanol–water partition coefficient (Wildman–Crippen LogP) is 6.56. The quantitative estimate of drug-likeness (QED) is 0.278. The topological polar surface area (TPSA) is 86.2 Å². The molecule has 0 saturated heterocycles. The fourth-order valence-electron chi connectivity index (χ4n) is 4.53. The lowest BCUT2D eigenvalue weighted by atomic mass is 9.84. The monoisotopic (exact) mass is 516 g/mol. The number of hydrogen-bond acceptors (Lipinski definition) is 8. The summed E-state index contributed by atoms with van der Waals surface area (Å²) in [6, 6.07) is 15.5. The first-order valence-electron chi connectivity index (χ1n) is 12.7. The normalized spacial score (nSPS) is 17.3. The maximum absolute atomic E-state index is 12.3. The molecule has 1 N–H and O–H groups in total. The number of benzene rings is 2. The fourth-order valence-corrected chi connectivity index (χ4v) is 5.31. The molecule has 8 heteroatoms. The largest absolute Gasteiger partial charge is 0.494 e. The third kappa shape index (κ3) is 5.44. The summed E-state index contributed by atoms with van der Waals surface area (Å²) < 4.78 is 11.4. The third-order valence-corrected chi connectivity index (χ3v) is 7.44. The molecule has 4 aromatic rings. The van der Waals surface area contributed by atoms with Crippen molar-refractivity contribution in [2.24, 2.45) is 0 Å². The Labute approximate surface area is 221 Å². The molecule has 7 nitrogen and oxygen atoms in total. The molecule has 0 spiro atoms. The zero-order valence-electron chi connectivity index (χ0n) is 21.9. The van der Waals surface area contributed by atoms with Crippen LogP contribution in [0.1, 0.15) is 62.0 Å². The van der Waals surface area contributed by atoms with E-state index in [9.17, 15) is 4.79 Å². The number of fused-ring (bicyclic) bond motifs is 1. The Hall–Kier alpha value is -3.52. The van der Waals surface area contributed by atoms with Gasteiger partial charge in [-0.15, -0.1) is 10.2 Å². The Bertz CT molecular complexity index is 1420. The highest BCUT2D eigenvalue weighted by Crippen LogP contribution is 2.37. The molecule has 1 saturated carbocycles. The molecule has 2 aromatic heterocycles. The van der Waals surface area contributed by atoms with E-state index in [1.54, 1.807) is 12.1 Å². The summed E-state index contributed by atoms with van der Waals surface area (Å²) in [5, 5.41) is 14.8. The molecule has 2 heterocycles.